The zero-order valence-electron chi connectivity index (χ0n) is 13.5. The molecule has 0 unspecified atom stereocenters. The number of thioether (sulfide) groups is 1. The van der Waals surface area contributed by atoms with Crippen LogP contribution >= 0.6 is 11.8 Å². The highest BCUT2D eigenvalue weighted by molar-refractivity contribution is 8.00. The van der Waals surface area contributed by atoms with Crippen LogP contribution in [0, 0.1) is 6.92 Å². The highest BCUT2D eigenvalue weighted by atomic mass is 32.2. The van der Waals surface area contributed by atoms with Crippen LogP contribution in [0.15, 0.2) is 50.6 Å². The maximum atomic E-state index is 12.3. The first kappa shape index (κ1) is 15.6. The molecule has 0 bridgehead atoms. The standard InChI is InChI=1S/C17H14N4O3S/c1-9-7-13(21-24-9)20-16(22)10(2)25-17-15-14(18-8-19-17)11-5-3-4-6-12(11)23-15/h3-8,10H,1-2H3,(H,20,21,22)/t10-/m0/s1. The summed E-state index contributed by atoms with van der Waals surface area (Å²) in [7, 11) is 0. The minimum absolute atomic E-state index is 0.193. The second kappa shape index (κ2) is 6.21. The molecule has 0 aliphatic rings. The number of aryl methyl sites for hydroxylation is 1. The molecular weight excluding hydrogens is 340 g/mol. The Bertz CT molecular complexity index is 1070. The fraction of sp³-hybridized carbons (Fsp3) is 0.176. The molecule has 4 rings (SSSR count). The summed E-state index contributed by atoms with van der Waals surface area (Å²) in [5, 5.41) is 7.64. The number of rotatable bonds is 4. The van der Waals surface area contributed by atoms with E-state index in [1.807, 2.05) is 24.3 Å². The fourth-order valence-corrected chi connectivity index (χ4v) is 3.31. The van der Waals surface area contributed by atoms with E-state index in [4.69, 9.17) is 8.94 Å². The van der Waals surface area contributed by atoms with Gasteiger partial charge in [0, 0.05) is 11.5 Å². The van der Waals surface area contributed by atoms with Gasteiger partial charge < -0.3 is 14.3 Å². The molecule has 126 valence electrons. The number of amides is 1. The summed E-state index contributed by atoms with van der Waals surface area (Å²) in [5.41, 5.74) is 2.08. The molecule has 3 aromatic heterocycles. The maximum absolute atomic E-state index is 12.3. The molecule has 0 radical (unpaired) electrons. The largest absolute Gasteiger partial charge is 0.451 e. The Morgan fingerprint density at radius 2 is 2.12 bits per heavy atom. The van der Waals surface area contributed by atoms with E-state index in [1.54, 1.807) is 19.9 Å². The van der Waals surface area contributed by atoms with E-state index < -0.39 is 5.25 Å². The topological polar surface area (TPSA) is 94.1 Å². The Kier molecular flexibility index (Phi) is 3.89. The second-order valence-electron chi connectivity index (χ2n) is 5.53. The molecule has 0 spiro atoms. The van der Waals surface area contributed by atoms with E-state index in [9.17, 15) is 4.79 Å². The van der Waals surface area contributed by atoms with Crippen LogP contribution in [0.4, 0.5) is 5.82 Å². The average Bonchev–Trinajstić information content (AvgIpc) is 3.19. The summed E-state index contributed by atoms with van der Waals surface area (Å²) >= 11 is 1.31. The average molecular weight is 354 g/mol. The van der Waals surface area contributed by atoms with Crippen molar-refractivity contribution in [2.75, 3.05) is 5.32 Å². The minimum Gasteiger partial charge on any atom is -0.451 e. The van der Waals surface area contributed by atoms with Crippen molar-refractivity contribution >= 4 is 45.6 Å². The number of nitrogens with one attached hydrogen (secondary N) is 1. The molecule has 0 saturated heterocycles. The first-order chi connectivity index (χ1) is 12.1. The monoisotopic (exact) mass is 354 g/mol. The van der Waals surface area contributed by atoms with Crippen molar-refractivity contribution in [2.24, 2.45) is 0 Å². The number of carbonyl (C=O) groups is 1. The van der Waals surface area contributed by atoms with Crippen LogP contribution < -0.4 is 5.32 Å². The summed E-state index contributed by atoms with van der Waals surface area (Å²) < 4.78 is 10.8. The molecule has 7 nitrogen and oxygen atoms in total. The van der Waals surface area contributed by atoms with Gasteiger partial charge in [-0.1, -0.05) is 29.1 Å². The number of aromatic nitrogens is 3. The van der Waals surface area contributed by atoms with Crippen LogP contribution in [-0.4, -0.2) is 26.3 Å². The van der Waals surface area contributed by atoms with Gasteiger partial charge in [-0.3, -0.25) is 4.79 Å². The van der Waals surface area contributed by atoms with E-state index in [-0.39, 0.29) is 5.91 Å². The number of fused-ring (bicyclic) bond motifs is 3. The number of hydrogen-bond donors (Lipinski definition) is 1. The zero-order chi connectivity index (χ0) is 17.4. The lowest BCUT2D eigenvalue weighted by molar-refractivity contribution is -0.115. The van der Waals surface area contributed by atoms with Gasteiger partial charge in [-0.15, -0.1) is 0 Å². The third-order valence-electron chi connectivity index (χ3n) is 3.66. The second-order valence-corrected chi connectivity index (χ2v) is 6.86. The van der Waals surface area contributed by atoms with E-state index in [2.05, 4.69) is 20.4 Å². The van der Waals surface area contributed by atoms with Gasteiger partial charge in [0.2, 0.25) is 5.91 Å². The molecule has 1 amide bonds. The van der Waals surface area contributed by atoms with Crippen LogP contribution in [-0.2, 0) is 4.79 Å². The Labute approximate surface area is 146 Å². The lowest BCUT2D eigenvalue weighted by Gasteiger charge is -2.09. The number of para-hydroxylation sites is 1. The van der Waals surface area contributed by atoms with Gasteiger partial charge in [0.05, 0.1) is 5.25 Å². The summed E-state index contributed by atoms with van der Waals surface area (Å²) in [5.74, 6) is 0.836. The molecule has 4 aromatic rings. The number of nitrogens with zero attached hydrogens (tertiary/aromatic N) is 3. The minimum atomic E-state index is -0.400. The highest BCUT2D eigenvalue weighted by Gasteiger charge is 2.20. The van der Waals surface area contributed by atoms with Crippen molar-refractivity contribution < 1.29 is 13.7 Å². The Hall–Kier alpha value is -2.87. The van der Waals surface area contributed by atoms with E-state index >= 15 is 0 Å². The van der Waals surface area contributed by atoms with Crippen LogP contribution in [0.3, 0.4) is 0 Å². The van der Waals surface area contributed by atoms with Crippen molar-refractivity contribution in [1.29, 1.82) is 0 Å². The van der Waals surface area contributed by atoms with Gasteiger partial charge in [-0.05, 0) is 26.0 Å². The van der Waals surface area contributed by atoms with Gasteiger partial charge in [-0.2, -0.15) is 0 Å². The normalized spacial score (nSPS) is 12.6. The van der Waals surface area contributed by atoms with E-state index in [0.717, 1.165) is 16.5 Å². The Morgan fingerprint density at radius 1 is 1.28 bits per heavy atom. The van der Waals surface area contributed by atoms with Crippen LogP contribution in [0.1, 0.15) is 12.7 Å². The SMILES string of the molecule is Cc1cc(NC(=O)[C@H](C)Sc2ncnc3c2oc2ccccc23)no1. The fourth-order valence-electron chi connectivity index (χ4n) is 2.46. The maximum Gasteiger partial charge on any atom is 0.238 e. The van der Waals surface area contributed by atoms with Crippen LogP contribution in [0.2, 0.25) is 0 Å². The smallest absolute Gasteiger partial charge is 0.238 e. The molecular formula is C17H14N4O3S. The number of hydrogen-bond acceptors (Lipinski definition) is 7. The van der Waals surface area contributed by atoms with E-state index in [0.29, 0.717) is 22.2 Å². The molecule has 0 fully saturated rings. The third kappa shape index (κ3) is 2.96. The molecule has 0 aliphatic heterocycles. The summed E-state index contributed by atoms with van der Waals surface area (Å²) in [4.78, 5) is 20.9. The Morgan fingerprint density at radius 3 is 2.92 bits per heavy atom. The third-order valence-corrected chi connectivity index (χ3v) is 4.74. The van der Waals surface area contributed by atoms with Gasteiger partial charge in [-0.25, -0.2) is 9.97 Å². The Balaban J connectivity index is 1.60. The molecule has 8 heteroatoms. The first-order valence-corrected chi connectivity index (χ1v) is 8.53. The number of furan rings is 1. The van der Waals surface area contributed by atoms with E-state index in [1.165, 1.54) is 18.1 Å². The van der Waals surface area contributed by atoms with Gasteiger partial charge in [0.1, 0.15) is 28.2 Å². The molecule has 1 aromatic carbocycles. The van der Waals surface area contributed by atoms with Crippen LogP contribution in [0.5, 0.6) is 0 Å². The van der Waals surface area contributed by atoms with Crippen molar-refractivity contribution in [3.05, 3.63) is 42.4 Å². The lowest BCUT2D eigenvalue weighted by Crippen LogP contribution is -2.22. The highest BCUT2D eigenvalue weighted by Crippen LogP contribution is 2.34. The molecule has 25 heavy (non-hydrogen) atoms. The molecule has 3 heterocycles. The van der Waals surface area contributed by atoms with Gasteiger partial charge in [0.15, 0.2) is 11.4 Å². The van der Waals surface area contributed by atoms with Crippen molar-refractivity contribution in [1.82, 2.24) is 15.1 Å². The molecule has 0 aliphatic carbocycles. The van der Waals surface area contributed by atoms with Gasteiger partial charge in [0.25, 0.3) is 0 Å². The van der Waals surface area contributed by atoms with Crippen molar-refractivity contribution in [2.45, 2.75) is 24.1 Å². The quantitative estimate of drug-likeness (QED) is 0.440. The predicted molar refractivity (Wildman–Crippen MR) is 94.5 cm³/mol. The predicted octanol–water partition coefficient (Wildman–Crippen LogP) is 3.79. The number of benzene rings is 1. The van der Waals surface area contributed by atoms with Gasteiger partial charge >= 0.3 is 0 Å². The van der Waals surface area contributed by atoms with Crippen LogP contribution in [0.25, 0.3) is 22.1 Å². The summed E-state index contributed by atoms with van der Waals surface area (Å²) in [6.45, 7) is 3.56. The summed E-state index contributed by atoms with van der Waals surface area (Å²) in [6, 6.07) is 9.33. The first-order valence-electron chi connectivity index (χ1n) is 7.65. The number of carbonyl (C=O) groups excluding carboxylic acids is 1. The zero-order valence-corrected chi connectivity index (χ0v) is 14.3. The molecule has 1 atom stereocenters. The summed E-state index contributed by atoms with van der Waals surface area (Å²) in [6.07, 6.45) is 1.48. The van der Waals surface area contributed by atoms with Crippen molar-refractivity contribution in [3.63, 3.8) is 0 Å². The van der Waals surface area contributed by atoms with Crippen molar-refractivity contribution in [3.8, 4) is 0 Å². The number of anilines is 1. The molecule has 1 N–H and O–H groups in total. The molecule has 0 saturated carbocycles. The lowest BCUT2D eigenvalue weighted by atomic mass is 10.2.